The molecule has 0 atom stereocenters. The Morgan fingerprint density at radius 3 is 2.56 bits per heavy atom. The molecule has 0 unspecified atom stereocenters. The zero-order chi connectivity index (χ0) is 18.6. The molecule has 0 radical (unpaired) electrons. The number of ether oxygens (including phenoxy) is 3. The Labute approximate surface area is 161 Å². The lowest BCUT2D eigenvalue weighted by Gasteiger charge is -2.23. The molecule has 4 rings (SSSR count). The molecule has 0 bridgehead atoms. The number of hydrogen-bond donors (Lipinski definition) is 1. The summed E-state index contributed by atoms with van der Waals surface area (Å²) in [6.45, 7) is 2.71. The molecular weight excluding hydrogens is 340 g/mol. The van der Waals surface area contributed by atoms with Gasteiger partial charge in [0, 0.05) is 17.3 Å². The van der Waals surface area contributed by atoms with Crippen LogP contribution in [0.4, 0.5) is 0 Å². The normalized spacial score (nSPS) is 17.7. The predicted octanol–water partition coefficient (Wildman–Crippen LogP) is 3.91. The Bertz CT molecular complexity index is 783. The molecule has 2 heterocycles. The molecule has 1 aromatic carbocycles. The quantitative estimate of drug-likeness (QED) is 0.803. The molecule has 27 heavy (non-hydrogen) atoms. The van der Waals surface area contributed by atoms with Crippen LogP contribution in [0.2, 0.25) is 0 Å². The standard InChI is InChI=1S/C22H28N2O3/c1-25-21-13-17(12-19(16-3-4-16)22(21)26-2)20-11-15(5-10-24-20)14-27-18-6-8-23-9-7-18/h5,10-13,16,18,23H,3-4,6-9,14H2,1-2H3. The molecule has 1 aliphatic carbocycles. The monoisotopic (exact) mass is 368 g/mol. The molecule has 2 fully saturated rings. The van der Waals surface area contributed by atoms with E-state index in [0.717, 1.165) is 54.3 Å². The summed E-state index contributed by atoms with van der Waals surface area (Å²) in [4.78, 5) is 4.59. The summed E-state index contributed by atoms with van der Waals surface area (Å²) in [5, 5.41) is 3.37. The van der Waals surface area contributed by atoms with Crippen molar-refractivity contribution in [3.8, 4) is 22.8 Å². The zero-order valence-electron chi connectivity index (χ0n) is 16.2. The number of benzene rings is 1. The van der Waals surface area contributed by atoms with Crippen LogP contribution in [0.15, 0.2) is 30.5 Å². The summed E-state index contributed by atoms with van der Waals surface area (Å²) in [6.07, 6.45) is 6.80. The highest BCUT2D eigenvalue weighted by atomic mass is 16.5. The minimum atomic E-state index is 0.352. The van der Waals surface area contributed by atoms with Gasteiger partial charge in [0.05, 0.1) is 32.6 Å². The molecule has 2 aromatic rings. The molecule has 2 aliphatic rings. The number of methoxy groups -OCH3 is 2. The van der Waals surface area contributed by atoms with Crippen molar-refractivity contribution < 1.29 is 14.2 Å². The molecule has 5 nitrogen and oxygen atoms in total. The average molecular weight is 368 g/mol. The van der Waals surface area contributed by atoms with E-state index in [4.69, 9.17) is 14.2 Å². The fourth-order valence-electron chi connectivity index (χ4n) is 3.74. The maximum absolute atomic E-state index is 6.10. The molecule has 1 aliphatic heterocycles. The second-order valence-corrected chi connectivity index (χ2v) is 7.38. The van der Waals surface area contributed by atoms with E-state index in [-0.39, 0.29) is 0 Å². The van der Waals surface area contributed by atoms with E-state index in [2.05, 4.69) is 22.4 Å². The Morgan fingerprint density at radius 2 is 1.85 bits per heavy atom. The van der Waals surface area contributed by atoms with Crippen molar-refractivity contribution >= 4 is 0 Å². The Kier molecular flexibility index (Phi) is 5.60. The maximum Gasteiger partial charge on any atom is 0.164 e. The van der Waals surface area contributed by atoms with Crippen LogP contribution in [0, 0.1) is 0 Å². The van der Waals surface area contributed by atoms with Crippen LogP contribution in [0.1, 0.15) is 42.7 Å². The summed E-state index contributed by atoms with van der Waals surface area (Å²) in [5.74, 6) is 2.20. The van der Waals surface area contributed by atoms with Gasteiger partial charge < -0.3 is 19.5 Å². The van der Waals surface area contributed by atoms with E-state index in [1.807, 2.05) is 18.3 Å². The van der Waals surface area contributed by atoms with E-state index < -0.39 is 0 Å². The number of rotatable bonds is 7. The first kappa shape index (κ1) is 18.3. The first-order chi connectivity index (χ1) is 13.3. The molecule has 1 saturated carbocycles. The van der Waals surface area contributed by atoms with Gasteiger partial charge in [-0.05, 0) is 74.5 Å². The van der Waals surface area contributed by atoms with Gasteiger partial charge >= 0.3 is 0 Å². The van der Waals surface area contributed by atoms with Gasteiger partial charge in [-0.15, -0.1) is 0 Å². The predicted molar refractivity (Wildman–Crippen MR) is 105 cm³/mol. The number of pyridine rings is 1. The summed E-state index contributed by atoms with van der Waals surface area (Å²) >= 11 is 0. The number of aromatic nitrogens is 1. The van der Waals surface area contributed by atoms with Crippen LogP contribution in [0.3, 0.4) is 0 Å². The lowest BCUT2D eigenvalue weighted by molar-refractivity contribution is 0.0212. The van der Waals surface area contributed by atoms with Gasteiger partial charge in [-0.1, -0.05) is 0 Å². The van der Waals surface area contributed by atoms with Crippen molar-refractivity contribution in [3.63, 3.8) is 0 Å². The van der Waals surface area contributed by atoms with Crippen LogP contribution >= 0.6 is 0 Å². The third-order valence-electron chi connectivity index (χ3n) is 5.42. The molecule has 1 aromatic heterocycles. The summed E-state index contributed by atoms with van der Waals surface area (Å²) < 4.78 is 17.3. The number of nitrogens with one attached hydrogen (secondary N) is 1. The first-order valence-corrected chi connectivity index (χ1v) is 9.82. The summed E-state index contributed by atoms with van der Waals surface area (Å²) in [7, 11) is 3.40. The van der Waals surface area contributed by atoms with Crippen LogP contribution in [-0.2, 0) is 11.3 Å². The third-order valence-corrected chi connectivity index (χ3v) is 5.42. The minimum absolute atomic E-state index is 0.352. The second-order valence-electron chi connectivity index (χ2n) is 7.38. The zero-order valence-corrected chi connectivity index (χ0v) is 16.2. The largest absolute Gasteiger partial charge is 0.493 e. The minimum Gasteiger partial charge on any atom is -0.493 e. The SMILES string of the molecule is COc1cc(-c2cc(COC3CCNCC3)ccn2)cc(C2CC2)c1OC. The van der Waals surface area contributed by atoms with Gasteiger partial charge in [0.2, 0.25) is 0 Å². The van der Waals surface area contributed by atoms with E-state index in [1.165, 1.54) is 18.4 Å². The highest BCUT2D eigenvalue weighted by Gasteiger charge is 2.29. The van der Waals surface area contributed by atoms with E-state index >= 15 is 0 Å². The summed E-state index contributed by atoms with van der Waals surface area (Å²) in [6, 6.07) is 8.38. The molecule has 144 valence electrons. The van der Waals surface area contributed by atoms with Gasteiger partial charge in [0.25, 0.3) is 0 Å². The van der Waals surface area contributed by atoms with E-state index in [1.54, 1.807) is 14.2 Å². The summed E-state index contributed by atoms with van der Waals surface area (Å²) in [5.41, 5.74) is 4.40. The van der Waals surface area contributed by atoms with Gasteiger partial charge in [0.1, 0.15) is 0 Å². The smallest absolute Gasteiger partial charge is 0.164 e. The molecule has 0 spiro atoms. The van der Waals surface area contributed by atoms with Crippen molar-refractivity contribution in [3.05, 3.63) is 41.6 Å². The van der Waals surface area contributed by atoms with Gasteiger partial charge in [0.15, 0.2) is 11.5 Å². The number of hydrogen-bond acceptors (Lipinski definition) is 5. The Balaban J connectivity index is 1.56. The fourth-order valence-corrected chi connectivity index (χ4v) is 3.74. The van der Waals surface area contributed by atoms with Crippen molar-refractivity contribution in [2.75, 3.05) is 27.3 Å². The van der Waals surface area contributed by atoms with Crippen molar-refractivity contribution in [1.82, 2.24) is 10.3 Å². The molecular formula is C22H28N2O3. The van der Waals surface area contributed by atoms with Crippen molar-refractivity contribution in [2.24, 2.45) is 0 Å². The van der Waals surface area contributed by atoms with Crippen LogP contribution in [0.5, 0.6) is 11.5 Å². The highest BCUT2D eigenvalue weighted by Crippen LogP contribution is 2.49. The molecule has 5 heteroatoms. The van der Waals surface area contributed by atoms with Crippen LogP contribution < -0.4 is 14.8 Å². The molecule has 1 N–H and O–H groups in total. The third kappa shape index (κ3) is 4.25. The van der Waals surface area contributed by atoms with Crippen LogP contribution in [-0.4, -0.2) is 38.4 Å². The van der Waals surface area contributed by atoms with Gasteiger partial charge in [-0.2, -0.15) is 0 Å². The number of piperidine rings is 1. The average Bonchev–Trinajstić information content (AvgIpc) is 3.57. The molecule has 1 saturated heterocycles. The van der Waals surface area contributed by atoms with Crippen LogP contribution in [0.25, 0.3) is 11.3 Å². The topological polar surface area (TPSA) is 52.6 Å². The van der Waals surface area contributed by atoms with E-state index in [0.29, 0.717) is 18.6 Å². The first-order valence-electron chi connectivity index (χ1n) is 9.82. The van der Waals surface area contributed by atoms with Crippen molar-refractivity contribution in [2.45, 2.75) is 44.3 Å². The van der Waals surface area contributed by atoms with Gasteiger partial charge in [-0.25, -0.2) is 0 Å². The molecule has 0 amide bonds. The fraction of sp³-hybridized carbons (Fsp3) is 0.500. The van der Waals surface area contributed by atoms with Crippen molar-refractivity contribution in [1.29, 1.82) is 0 Å². The lowest BCUT2D eigenvalue weighted by atomic mass is 10.0. The Hall–Kier alpha value is -2.11. The Morgan fingerprint density at radius 1 is 1.04 bits per heavy atom. The number of nitrogens with zero attached hydrogens (tertiary/aromatic N) is 1. The lowest BCUT2D eigenvalue weighted by Crippen LogP contribution is -2.32. The highest BCUT2D eigenvalue weighted by molar-refractivity contribution is 5.67. The van der Waals surface area contributed by atoms with E-state index in [9.17, 15) is 0 Å². The van der Waals surface area contributed by atoms with Gasteiger partial charge in [-0.3, -0.25) is 4.98 Å². The second kappa shape index (κ2) is 8.28. The maximum atomic E-state index is 6.10.